The van der Waals surface area contributed by atoms with Crippen LogP contribution in [0.4, 0.5) is 5.95 Å². The number of anilines is 1. The Kier molecular flexibility index (Phi) is 6.55. The van der Waals surface area contributed by atoms with Gasteiger partial charge in [0.25, 0.3) is 0 Å². The summed E-state index contributed by atoms with van der Waals surface area (Å²) >= 11 is 0. The average molecular weight is 237 g/mol. The van der Waals surface area contributed by atoms with Crippen molar-refractivity contribution >= 4 is 5.95 Å². The molecule has 0 amide bonds. The Morgan fingerprint density at radius 2 is 1.94 bits per heavy atom. The van der Waals surface area contributed by atoms with Crippen molar-refractivity contribution in [2.24, 2.45) is 0 Å². The Morgan fingerprint density at radius 3 is 2.53 bits per heavy atom. The number of aliphatic hydroxyl groups is 1. The van der Waals surface area contributed by atoms with Crippen LogP contribution in [0, 0.1) is 0 Å². The van der Waals surface area contributed by atoms with E-state index in [0.717, 1.165) is 12.8 Å². The van der Waals surface area contributed by atoms with E-state index in [1.54, 1.807) is 25.4 Å². The van der Waals surface area contributed by atoms with Gasteiger partial charge in [-0.2, -0.15) is 0 Å². The molecule has 96 valence electrons. The minimum Gasteiger partial charge on any atom is -0.391 e. The molecule has 0 fully saturated rings. The van der Waals surface area contributed by atoms with E-state index in [0.29, 0.717) is 5.95 Å². The number of rotatable bonds is 8. The van der Waals surface area contributed by atoms with Crippen LogP contribution in [0.3, 0.4) is 0 Å². The fourth-order valence-electron chi connectivity index (χ4n) is 1.76. The fraction of sp³-hybridized carbons (Fsp3) is 0.692. The van der Waals surface area contributed by atoms with Gasteiger partial charge >= 0.3 is 0 Å². The molecule has 0 saturated carbocycles. The second kappa shape index (κ2) is 8.01. The van der Waals surface area contributed by atoms with E-state index in [1.165, 1.54) is 19.3 Å². The molecular formula is C13H23N3O. The highest BCUT2D eigenvalue weighted by atomic mass is 16.3. The molecular weight excluding hydrogens is 214 g/mol. The molecule has 0 aliphatic rings. The van der Waals surface area contributed by atoms with E-state index in [1.807, 2.05) is 0 Å². The van der Waals surface area contributed by atoms with Crippen molar-refractivity contribution in [3.63, 3.8) is 0 Å². The Hall–Kier alpha value is -1.16. The van der Waals surface area contributed by atoms with Gasteiger partial charge in [0.05, 0.1) is 12.1 Å². The Bertz CT molecular complexity index is 290. The quantitative estimate of drug-likeness (QED) is 0.682. The van der Waals surface area contributed by atoms with Crippen LogP contribution in [0.2, 0.25) is 0 Å². The third kappa shape index (κ3) is 5.63. The molecule has 1 aromatic heterocycles. The molecule has 1 rings (SSSR count). The van der Waals surface area contributed by atoms with E-state index in [-0.39, 0.29) is 12.1 Å². The van der Waals surface area contributed by atoms with Crippen LogP contribution >= 0.6 is 0 Å². The summed E-state index contributed by atoms with van der Waals surface area (Å²) in [6.07, 6.45) is 8.80. The van der Waals surface area contributed by atoms with Gasteiger partial charge < -0.3 is 10.4 Å². The summed E-state index contributed by atoms with van der Waals surface area (Å²) in [4.78, 5) is 8.22. The summed E-state index contributed by atoms with van der Waals surface area (Å²) in [5.41, 5.74) is 0. The summed E-state index contributed by atoms with van der Waals surface area (Å²) in [5, 5.41) is 12.9. The maximum absolute atomic E-state index is 9.71. The van der Waals surface area contributed by atoms with Crippen molar-refractivity contribution < 1.29 is 5.11 Å². The van der Waals surface area contributed by atoms with Gasteiger partial charge in [0.1, 0.15) is 0 Å². The number of hydrogen-bond acceptors (Lipinski definition) is 4. The molecule has 0 spiro atoms. The zero-order valence-electron chi connectivity index (χ0n) is 10.8. The van der Waals surface area contributed by atoms with Crippen molar-refractivity contribution in [1.82, 2.24) is 9.97 Å². The molecule has 17 heavy (non-hydrogen) atoms. The molecule has 0 saturated heterocycles. The standard InChI is InChI=1S/C13H23N3O/c1-3-4-5-6-8-12(11(2)17)16-13-14-9-7-10-15-13/h7,9-12,17H,3-6,8H2,1-2H3,(H,14,15,16). The van der Waals surface area contributed by atoms with E-state index in [2.05, 4.69) is 22.2 Å². The van der Waals surface area contributed by atoms with Crippen molar-refractivity contribution in [1.29, 1.82) is 0 Å². The first-order chi connectivity index (χ1) is 8.24. The number of unbranched alkanes of at least 4 members (excludes halogenated alkanes) is 3. The summed E-state index contributed by atoms with van der Waals surface area (Å²) < 4.78 is 0. The van der Waals surface area contributed by atoms with Crippen molar-refractivity contribution in [3.05, 3.63) is 18.5 Å². The molecule has 0 aliphatic heterocycles. The van der Waals surface area contributed by atoms with Crippen molar-refractivity contribution in [2.45, 2.75) is 58.1 Å². The van der Waals surface area contributed by atoms with Crippen LogP contribution in [-0.2, 0) is 0 Å². The Balaban J connectivity index is 2.38. The molecule has 0 radical (unpaired) electrons. The van der Waals surface area contributed by atoms with Crippen molar-refractivity contribution in [3.8, 4) is 0 Å². The SMILES string of the molecule is CCCCCCC(Nc1ncccn1)C(C)O. The highest BCUT2D eigenvalue weighted by molar-refractivity contribution is 5.24. The van der Waals surface area contributed by atoms with Crippen LogP contribution in [0.1, 0.15) is 46.0 Å². The lowest BCUT2D eigenvalue weighted by Crippen LogP contribution is -2.32. The van der Waals surface area contributed by atoms with E-state index < -0.39 is 0 Å². The van der Waals surface area contributed by atoms with Gasteiger partial charge in [0.15, 0.2) is 0 Å². The lowest BCUT2D eigenvalue weighted by molar-refractivity contribution is 0.165. The average Bonchev–Trinajstić information content (AvgIpc) is 2.34. The topological polar surface area (TPSA) is 58.0 Å². The number of hydrogen-bond donors (Lipinski definition) is 2. The maximum Gasteiger partial charge on any atom is 0.222 e. The Morgan fingerprint density at radius 1 is 1.24 bits per heavy atom. The van der Waals surface area contributed by atoms with Gasteiger partial charge in [-0.3, -0.25) is 0 Å². The maximum atomic E-state index is 9.71. The van der Waals surface area contributed by atoms with Crippen LogP contribution in [-0.4, -0.2) is 27.2 Å². The molecule has 2 unspecified atom stereocenters. The van der Waals surface area contributed by atoms with Crippen LogP contribution < -0.4 is 5.32 Å². The normalized spacial score (nSPS) is 14.3. The first-order valence-electron chi connectivity index (χ1n) is 6.45. The minimum atomic E-state index is -0.388. The highest BCUT2D eigenvalue weighted by Gasteiger charge is 2.15. The van der Waals surface area contributed by atoms with Crippen LogP contribution in [0.25, 0.3) is 0 Å². The highest BCUT2D eigenvalue weighted by Crippen LogP contribution is 2.11. The first-order valence-corrected chi connectivity index (χ1v) is 6.45. The second-order valence-corrected chi connectivity index (χ2v) is 4.41. The minimum absolute atomic E-state index is 0.0363. The van der Waals surface area contributed by atoms with Gasteiger partial charge in [0.2, 0.25) is 5.95 Å². The molecule has 0 aliphatic carbocycles. The molecule has 4 heteroatoms. The van der Waals surface area contributed by atoms with E-state index in [4.69, 9.17) is 0 Å². The number of aliphatic hydroxyl groups excluding tert-OH is 1. The predicted molar refractivity (Wildman–Crippen MR) is 69.9 cm³/mol. The molecule has 1 aromatic rings. The molecule has 0 aromatic carbocycles. The number of aromatic nitrogens is 2. The zero-order valence-corrected chi connectivity index (χ0v) is 10.8. The first kappa shape index (κ1) is 13.9. The largest absolute Gasteiger partial charge is 0.391 e. The predicted octanol–water partition coefficient (Wildman–Crippen LogP) is 2.61. The summed E-state index contributed by atoms with van der Waals surface area (Å²) in [6.45, 7) is 4.00. The third-order valence-corrected chi connectivity index (χ3v) is 2.83. The van der Waals surface area contributed by atoms with Gasteiger partial charge in [-0.05, 0) is 19.4 Å². The smallest absolute Gasteiger partial charge is 0.222 e. The zero-order chi connectivity index (χ0) is 12.5. The van der Waals surface area contributed by atoms with E-state index >= 15 is 0 Å². The summed E-state index contributed by atoms with van der Waals surface area (Å²) in [7, 11) is 0. The Labute approximate surface area is 103 Å². The molecule has 4 nitrogen and oxygen atoms in total. The molecule has 2 N–H and O–H groups in total. The molecule has 1 heterocycles. The number of nitrogens with zero attached hydrogens (tertiary/aromatic N) is 2. The van der Waals surface area contributed by atoms with Gasteiger partial charge in [0, 0.05) is 12.4 Å². The van der Waals surface area contributed by atoms with Crippen LogP contribution in [0.15, 0.2) is 18.5 Å². The van der Waals surface area contributed by atoms with Gasteiger partial charge in [-0.25, -0.2) is 9.97 Å². The van der Waals surface area contributed by atoms with Crippen molar-refractivity contribution in [2.75, 3.05) is 5.32 Å². The lowest BCUT2D eigenvalue weighted by Gasteiger charge is -2.21. The third-order valence-electron chi connectivity index (χ3n) is 2.83. The van der Waals surface area contributed by atoms with Gasteiger partial charge in [-0.1, -0.05) is 32.6 Å². The van der Waals surface area contributed by atoms with Crippen LogP contribution in [0.5, 0.6) is 0 Å². The fourth-order valence-corrected chi connectivity index (χ4v) is 1.76. The number of nitrogens with one attached hydrogen (secondary N) is 1. The summed E-state index contributed by atoms with van der Waals surface area (Å²) in [5.74, 6) is 0.592. The second-order valence-electron chi connectivity index (χ2n) is 4.41. The lowest BCUT2D eigenvalue weighted by atomic mass is 10.0. The molecule has 0 bridgehead atoms. The van der Waals surface area contributed by atoms with Gasteiger partial charge in [-0.15, -0.1) is 0 Å². The monoisotopic (exact) mass is 237 g/mol. The van der Waals surface area contributed by atoms with E-state index in [9.17, 15) is 5.11 Å². The molecule has 2 atom stereocenters. The summed E-state index contributed by atoms with van der Waals surface area (Å²) in [6, 6.07) is 1.82.